The van der Waals surface area contributed by atoms with Crippen LogP contribution in [-0.4, -0.2) is 28.2 Å². The number of aromatic nitrogens is 2. The standard InChI is InChI=1S/C19H16N2O4/c1-12-4-3-5-15(10-12)25-18-16(19(22)23)11-20-17(21-18)13-6-8-14(24-2)9-7-13/h3-11H,1-2H3,(H,22,23). The zero-order chi connectivity index (χ0) is 17.8. The van der Waals surface area contributed by atoms with Crippen LogP contribution in [0.5, 0.6) is 17.4 Å². The molecule has 3 aromatic rings. The highest BCUT2D eigenvalue weighted by molar-refractivity contribution is 5.90. The number of benzene rings is 2. The lowest BCUT2D eigenvalue weighted by Crippen LogP contribution is -2.04. The van der Waals surface area contributed by atoms with Gasteiger partial charge in [0.05, 0.1) is 7.11 Å². The molecule has 2 aromatic carbocycles. The van der Waals surface area contributed by atoms with Crippen LogP contribution in [0, 0.1) is 6.92 Å². The zero-order valence-electron chi connectivity index (χ0n) is 13.8. The molecule has 1 aromatic heterocycles. The highest BCUT2D eigenvalue weighted by Gasteiger charge is 2.17. The van der Waals surface area contributed by atoms with Crippen molar-refractivity contribution in [2.75, 3.05) is 7.11 Å². The number of ether oxygens (including phenoxy) is 2. The van der Waals surface area contributed by atoms with Gasteiger partial charge in [-0.2, -0.15) is 4.98 Å². The normalized spacial score (nSPS) is 10.3. The lowest BCUT2D eigenvalue weighted by atomic mass is 10.2. The van der Waals surface area contributed by atoms with Crippen LogP contribution >= 0.6 is 0 Å². The molecule has 0 bridgehead atoms. The van der Waals surface area contributed by atoms with E-state index in [1.54, 1.807) is 43.5 Å². The fourth-order valence-electron chi connectivity index (χ4n) is 2.26. The maximum Gasteiger partial charge on any atom is 0.342 e. The fourth-order valence-corrected chi connectivity index (χ4v) is 2.26. The van der Waals surface area contributed by atoms with Crippen LogP contribution in [0.15, 0.2) is 54.7 Å². The molecule has 0 aliphatic rings. The summed E-state index contributed by atoms with van der Waals surface area (Å²) >= 11 is 0. The maximum atomic E-state index is 11.4. The minimum absolute atomic E-state index is 0.00100. The van der Waals surface area contributed by atoms with Crippen molar-refractivity contribution in [3.63, 3.8) is 0 Å². The number of hydrogen-bond donors (Lipinski definition) is 1. The van der Waals surface area contributed by atoms with Crippen LogP contribution in [0.2, 0.25) is 0 Å². The van der Waals surface area contributed by atoms with Gasteiger partial charge in [0.25, 0.3) is 0 Å². The SMILES string of the molecule is COc1ccc(-c2ncc(C(=O)O)c(Oc3cccc(C)c3)n2)cc1. The second kappa shape index (κ2) is 7.00. The lowest BCUT2D eigenvalue weighted by Gasteiger charge is -2.10. The van der Waals surface area contributed by atoms with Crippen LogP contribution in [0.4, 0.5) is 0 Å². The van der Waals surface area contributed by atoms with E-state index >= 15 is 0 Å². The molecule has 126 valence electrons. The van der Waals surface area contributed by atoms with E-state index in [0.717, 1.165) is 11.1 Å². The molecule has 6 heteroatoms. The van der Waals surface area contributed by atoms with Crippen molar-refractivity contribution in [3.05, 3.63) is 65.9 Å². The van der Waals surface area contributed by atoms with Gasteiger partial charge in [-0.3, -0.25) is 0 Å². The molecular weight excluding hydrogens is 320 g/mol. The number of aryl methyl sites for hydroxylation is 1. The Morgan fingerprint density at radius 1 is 1.08 bits per heavy atom. The van der Waals surface area contributed by atoms with Crippen LogP contribution in [0.1, 0.15) is 15.9 Å². The average molecular weight is 336 g/mol. The van der Waals surface area contributed by atoms with Crippen molar-refractivity contribution >= 4 is 5.97 Å². The summed E-state index contributed by atoms with van der Waals surface area (Å²) in [6.07, 6.45) is 1.25. The number of hydrogen-bond acceptors (Lipinski definition) is 5. The first-order valence-electron chi connectivity index (χ1n) is 7.56. The van der Waals surface area contributed by atoms with Crippen molar-refractivity contribution in [1.82, 2.24) is 9.97 Å². The van der Waals surface area contributed by atoms with Gasteiger partial charge in [0, 0.05) is 11.8 Å². The molecule has 1 N–H and O–H groups in total. The molecule has 25 heavy (non-hydrogen) atoms. The molecule has 0 atom stereocenters. The van der Waals surface area contributed by atoms with E-state index < -0.39 is 5.97 Å². The van der Waals surface area contributed by atoms with E-state index in [1.165, 1.54) is 6.20 Å². The molecule has 0 saturated carbocycles. The van der Waals surface area contributed by atoms with Gasteiger partial charge in [0.15, 0.2) is 5.82 Å². The van der Waals surface area contributed by atoms with E-state index in [2.05, 4.69) is 9.97 Å². The van der Waals surface area contributed by atoms with E-state index in [4.69, 9.17) is 9.47 Å². The van der Waals surface area contributed by atoms with E-state index in [9.17, 15) is 9.90 Å². The maximum absolute atomic E-state index is 11.4. The smallest absolute Gasteiger partial charge is 0.342 e. The van der Waals surface area contributed by atoms with Gasteiger partial charge in [0.1, 0.15) is 17.1 Å². The van der Waals surface area contributed by atoms with E-state index in [-0.39, 0.29) is 11.4 Å². The van der Waals surface area contributed by atoms with Crippen LogP contribution in [0.25, 0.3) is 11.4 Å². The fraction of sp³-hybridized carbons (Fsp3) is 0.105. The monoisotopic (exact) mass is 336 g/mol. The quantitative estimate of drug-likeness (QED) is 0.760. The van der Waals surface area contributed by atoms with Crippen molar-refractivity contribution in [3.8, 4) is 28.8 Å². The van der Waals surface area contributed by atoms with Crippen LogP contribution in [0.3, 0.4) is 0 Å². The molecule has 0 amide bonds. The highest BCUT2D eigenvalue weighted by atomic mass is 16.5. The average Bonchev–Trinajstić information content (AvgIpc) is 2.61. The third kappa shape index (κ3) is 3.74. The van der Waals surface area contributed by atoms with Crippen molar-refractivity contribution in [2.24, 2.45) is 0 Å². The second-order valence-electron chi connectivity index (χ2n) is 5.36. The summed E-state index contributed by atoms with van der Waals surface area (Å²) < 4.78 is 10.8. The first-order chi connectivity index (χ1) is 12.1. The molecule has 0 unspecified atom stereocenters. The van der Waals surface area contributed by atoms with Crippen molar-refractivity contribution < 1.29 is 19.4 Å². The van der Waals surface area contributed by atoms with Gasteiger partial charge in [0.2, 0.25) is 5.88 Å². The molecule has 0 radical (unpaired) electrons. The largest absolute Gasteiger partial charge is 0.497 e. The number of rotatable bonds is 5. The second-order valence-corrected chi connectivity index (χ2v) is 5.36. The summed E-state index contributed by atoms with van der Waals surface area (Å²) in [6.45, 7) is 1.92. The number of methoxy groups -OCH3 is 1. The summed E-state index contributed by atoms with van der Waals surface area (Å²) in [5, 5.41) is 9.35. The third-order valence-corrected chi connectivity index (χ3v) is 3.54. The number of carboxylic acids is 1. The highest BCUT2D eigenvalue weighted by Crippen LogP contribution is 2.27. The molecule has 3 rings (SSSR count). The number of aromatic carboxylic acids is 1. The summed E-state index contributed by atoms with van der Waals surface area (Å²) in [7, 11) is 1.58. The minimum atomic E-state index is -1.15. The third-order valence-electron chi connectivity index (χ3n) is 3.54. The van der Waals surface area contributed by atoms with E-state index in [0.29, 0.717) is 17.3 Å². The predicted molar refractivity (Wildman–Crippen MR) is 92.2 cm³/mol. The van der Waals surface area contributed by atoms with Crippen molar-refractivity contribution in [2.45, 2.75) is 6.92 Å². The molecule has 0 aliphatic heterocycles. The topological polar surface area (TPSA) is 81.5 Å². The predicted octanol–water partition coefficient (Wildman–Crippen LogP) is 3.95. The Hall–Kier alpha value is -3.41. The number of nitrogens with zero attached hydrogens (tertiary/aromatic N) is 2. The summed E-state index contributed by atoms with van der Waals surface area (Å²) in [4.78, 5) is 19.9. The van der Waals surface area contributed by atoms with Gasteiger partial charge >= 0.3 is 5.97 Å². The molecular formula is C19H16N2O4. The first-order valence-corrected chi connectivity index (χ1v) is 7.56. The molecule has 0 fully saturated rings. The molecule has 0 aliphatic carbocycles. The summed E-state index contributed by atoms with van der Waals surface area (Å²) in [6, 6.07) is 14.5. The number of carboxylic acid groups (broad SMARTS) is 1. The van der Waals surface area contributed by atoms with Gasteiger partial charge in [-0.15, -0.1) is 0 Å². The van der Waals surface area contributed by atoms with Gasteiger partial charge in [-0.05, 0) is 48.9 Å². The van der Waals surface area contributed by atoms with Gasteiger partial charge < -0.3 is 14.6 Å². The molecule has 0 saturated heterocycles. The molecule has 1 heterocycles. The first kappa shape index (κ1) is 16.4. The van der Waals surface area contributed by atoms with Crippen LogP contribution in [-0.2, 0) is 0 Å². The lowest BCUT2D eigenvalue weighted by molar-refractivity contribution is 0.0693. The van der Waals surface area contributed by atoms with Crippen molar-refractivity contribution in [1.29, 1.82) is 0 Å². The van der Waals surface area contributed by atoms with E-state index in [1.807, 2.05) is 19.1 Å². The Balaban J connectivity index is 2.00. The Kier molecular flexibility index (Phi) is 4.61. The number of carbonyl (C=O) groups is 1. The minimum Gasteiger partial charge on any atom is -0.497 e. The van der Waals surface area contributed by atoms with Gasteiger partial charge in [-0.25, -0.2) is 9.78 Å². The zero-order valence-corrected chi connectivity index (χ0v) is 13.8. The molecule has 0 spiro atoms. The summed E-state index contributed by atoms with van der Waals surface area (Å²) in [5.41, 5.74) is 1.63. The summed E-state index contributed by atoms with van der Waals surface area (Å²) in [5.74, 6) is 0.446. The molecule has 6 nitrogen and oxygen atoms in total. The van der Waals surface area contributed by atoms with Gasteiger partial charge in [-0.1, -0.05) is 12.1 Å². The Bertz CT molecular complexity index is 908. The Labute approximate surface area is 144 Å². The Morgan fingerprint density at radius 2 is 1.84 bits per heavy atom. The Morgan fingerprint density at radius 3 is 2.48 bits per heavy atom. The van der Waals surface area contributed by atoms with Crippen LogP contribution < -0.4 is 9.47 Å².